The van der Waals surface area contributed by atoms with Crippen molar-refractivity contribution in [2.24, 2.45) is 10.9 Å². The number of rotatable bonds is 6. The minimum atomic E-state index is -3.86. The number of alkyl carbamates (subject to hydrolysis) is 1. The maximum absolute atomic E-state index is 13.2. The predicted molar refractivity (Wildman–Crippen MR) is 131 cm³/mol. The summed E-state index contributed by atoms with van der Waals surface area (Å²) in [6.07, 6.45) is 2.62. The molecule has 3 rings (SSSR count). The fraction of sp³-hybridized carbons (Fsp3) is 0.333. The third-order valence-electron chi connectivity index (χ3n) is 5.54. The van der Waals surface area contributed by atoms with Crippen molar-refractivity contribution in [2.75, 3.05) is 17.7 Å². The summed E-state index contributed by atoms with van der Waals surface area (Å²) in [6.45, 7) is 1.61. The van der Waals surface area contributed by atoms with Gasteiger partial charge in [0.2, 0.25) is 27.6 Å². The van der Waals surface area contributed by atoms with E-state index in [4.69, 9.17) is 0 Å². The van der Waals surface area contributed by atoms with Crippen molar-refractivity contribution < 1.29 is 27.5 Å². The number of carbonyl (C=O) groups is 3. The molecule has 1 fully saturated rings. The normalized spacial score (nSPS) is 14.3. The van der Waals surface area contributed by atoms with E-state index in [1.165, 1.54) is 30.3 Å². The van der Waals surface area contributed by atoms with Gasteiger partial charge in [-0.1, -0.05) is 38.0 Å². The molecule has 2 aromatic carbocycles. The molecule has 186 valence electrons. The lowest BCUT2D eigenvalue weighted by Crippen LogP contribution is -2.37. The Labute approximate surface area is 204 Å². The minimum Gasteiger partial charge on any atom is -0.453 e. The van der Waals surface area contributed by atoms with E-state index in [1.807, 2.05) is 0 Å². The number of benzene rings is 2. The van der Waals surface area contributed by atoms with E-state index < -0.39 is 21.8 Å². The van der Waals surface area contributed by atoms with Crippen molar-refractivity contribution in [3.8, 4) is 0 Å². The quantitative estimate of drug-likeness (QED) is 0.405. The van der Waals surface area contributed by atoms with Crippen LogP contribution in [0.4, 0.5) is 16.2 Å². The third-order valence-corrected chi connectivity index (χ3v) is 7.30. The molecule has 0 bridgehead atoms. The molecule has 0 unspecified atom stereocenters. The minimum absolute atomic E-state index is 0.0278. The summed E-state index contributed by atoms with van der Waals surface area (Å²) < 4.78 is 30.9. The number of anilines is 2. The summed E-state index contributed by atoms with van der Waals surface area (Å²) in [6, 6.07) is 12.1. The molecule has 1 aliphatic rings. The fourth-order valence-corrected chi connectivity index (χ4v) is 4.94. The van der Waals surface area contributed by atoms with Crippen LogP contribution in [0.15, 0.2) is 63.3 Å². The van der Waals surface area contributed by atoms with E-state index in [-0.39, 0.29) is 45.4 Å². The zero-order valence-electron chi connectivity index (χ0n) is 19.5. The number of sulfone groups is 1. The number of guanidine groups is 1. The number of methoxy groups -OCH3 is 1. The fourth-order valence-electron chi connectivity index (χ4n) is 3.63. The van der Waals surface area contributed by atoms with E-state index in [0.717, 1.165) is 32.8 Å². The van der Waals surface area contributed by atoms with E-state index in [0.29, 0.717) is 0 Å². The van der Waals surface area contributed by atoms with E-state index in [2.05, 4.69) is 25.7 Å². The van der Waals surface area contributed by atoms with Crippen molar-refractivity contribution in [2.45, 2.75) is 48.8 Å². The third kappa shape index (κ3) is 6.66. The van der Waals surface area contributed by atoms with Crippen molar-refractivity contribution >= 4 is 45.1 Å². The smallest absolute Gasteiger partial charge is 0.413 e. The Hall–Kier alpha value is -3.73. The van der Waals surface area contributed by atoms with Gasteiger partial charge in [-0.3, -0.25) is 14.9 Å². The number of hydrogen-bond acceptors (Lipinski definition) is 6. The molecule has 1 aliphatic carbocycles. The highest BCUT2D eigenvalue weighted by molar-refractivity contribution is 7.91. The number of nitrogens with zero attached hydrogens (tertiary/aromatic N) is 1. The molecule has 0 radical (unpaired) electrons. The van der Waals surface area contributed by atoms with E-state index in [9.17, 15) is 22.8 Å². The van der Waals surface area contributed by atoms with Crippen LogP contribution >= 0.6 is 0 Å². The summed E-state index contributed by atoms with van der Waals surface area (Å²) in [7, 11) is -2.70. The molecule has 0 spiro atoms. The van der Waals surface area contributed by atoms with Gasteiger partial charge in [-0.05, 0) is 43.2 Å². The molecule has 3 amide bonds. The largest absolute Gasteiger partial charge is 0.453 e. The van der Waals surface area contributed by atoms with Gasteiger partial charge < -0.3 is 15.4 Å². The van der Waals surface area contributed by atoms with Gasteiger partial charge in [0.25, 0.3) is 0 Å². The lowest BCUT2D eigenvalue weighted by Gasteiger charge is -2.18. The first-order chi connectivity index (χ1) is 16.7. The summed E-state index contributed by atoms with van der Waals surface area (Å²) in [5.74, 6) is -1.15. The van der Waals surface area contributed by atoms with Crippen molar-refractivity contribution in [1.29, 1.82) is 0 Å². The van der Waals surface area contributed by atoms with Crippen LogP contribution < -0.4 is 16.0 Å². The van der Waals surface area contributed by atoms with E-state index in [1.54, 1.807) is 25.1 Å². The SMILES string of the molecule is CCC(=O)N=C(NC(=O)OC)Nc1ccc(S(=O)(=O)c2ccccc2)cc1NC(=O)C1CCCC1. The zero-order chi connectivity index (χ0) is 25.4. The van der Waals surface area contributed by atoms with E-state index >= 15 is 0 Å². The molecule has 11 heteroatoms. The highest BCUT2D eigenvalue weighted by Gasteiger charge is 2.25. The van der Waals surface area contributed by atoms with Crippen molar-refractivity contribution in [1.82, 2.24) is 5.32 Å². The zero-order valence-corrected chi connectivity index (χ0v) is 20.4. The highest BCUT2D eigenvalue weighted by atomic mass is 32.2. The summed E-state index contributed by atoms with van der Waals surface area (Å²) in [5, 5.41) is 7.92. The van der Waals surface area contributed by atoms with Gasteiger partial charge in [0.1, 0.15) is 0 Å². The van der Waals surface area contributed by atoms with Gasteiger partial charge in [-0.25, -0.2) is 13.2 Å². The first-order valence-corrected chi connectivity index (χ1v) is 12.7. The standard InChI is InChI=1S/C24H28N4O6S/c1-3-21(29)27-23(28-24(31)34-2)26-19-14-13-18(35(32,33)17-11-5-4-6-12-17)15-20(19)25-22(30)16-9-7-8-10-16/h4-6,11-16H,3,7-10H2,1-2H3,(H,25,30)(H2,26,27,28,29,31). The molecule has 0 aliphatic heterocycles. The van der Waals surface area contributed by atoms with Gasteiger partial charge >= 0.3 is 6.09 Å². The molecule has 0 aromatic heterocycles. The van der Waals surface area contributed by atoms with Crippen LogP contribution in [0.25, 0.3) is 0 Å². The Balaban J connectivity index is 2.01. The van der Waals surface area contributed by atoms with Gasteiger partial charge in [0.15, 0.2) is 0 Å². The maximum atomic E-state index is 13.2. The van der Waals surface area contributed by atoms with Gasteiger partial charge in [-0.2, -0.15) is 4.99 Å². The number of nitrogens with one attached hydrogen (secondary N) is 3. The Bertz CT molecular complexity index is 1220. The number of amides is 3. The Morgan fingerprint density at radius 3 is 2.29 bits per heavy atom. The first-order valence-electron chi connectivity index (χ1n) is 11.2. The second kappa shape index (κ2) is 11.6. The van der Waals surface area contributed by atoms with Crippen LogP contribution in [0.2, 0.25) is 0 Å². The second-order valence-electron chi connectivity index (χ2n) is 7.94. The maximum Gasteiger partial charge on any atom is 0.413 e. The molecule has 0 atom stereocenters. The van der Waals surface area contributed by atoms with Crippen LogP contribution in [-0.2, 0) is 24.2 Å². The molecule has 35 heavy (non-hydrogen) atoms. The Kier molecular flexibility index (Phi) is 8.58. The molecule has 1 saturated carbocycles. The van der Waals surface area contributed by atoms with Gasteiger partial charge in [-0.15, -0.1) is 0 Å². The molecule has 2 aromatic rings. The predicted octanol–water partition coefficient (Wildman–Crippen LogP) is 3.71. The number of ether oxygens (including phenoxy) is 1. The lowest BCUT2D eigenvalue weighted by atomic mass is 10.1. The average Bonchev–Trinajstić information content (AvgIpc) is 3.40. The highest BCUT2D eigenvalue weighted by Crippen LogP contribution is 2.31. The summed E-state index contributed by atoms with van der Waals surface area (Å²) >= 11 is 0. The van der Waals surface area contributed by atoms with Crippen LogP contribution in [0.1, 0.15) is 39.0 Å². The van der Waals surface area contributed by atoms with Gasteiger partial charge in [0.05, 0.1) is 28.3 Å². The number of carbonyl (C=O) groups excluding carboxylic acids is 3. The summed E-state index contributed by atoms with van der Waals surface area (Å²) in [5.41, 5.74) is 0.407. The lowest BCUT2D eigenvalue weighted by molar-refractivity contribution is -0.119. The molecular formula is C24H28N4O6S. The molecular weight excluding hydrogens is 472 g/mol. The van der Waals surface area contributed by atoms with Gasteiger partial charge in [0, 0.05) is 12.3 Å². The van der Waals surface area contributed by atoms with Crippen molar-refractivity contribution in [3.05, 3.63) is 48.5 Å². The summed E-state index contributed by atoms with van der Waals surface area (Å²) in [4.78, 5) is 40.4. The molecule has 10 nitrogen and oxygen atoms in total. The number of hydrogen-bond donors (Lipinski definition) is 3. The number of aliphatic imine (C=N–C) groups is 1. The monoisotopic (exact) mass is 500 g/mol. The molecule has 0 heterocycles. The topological polar surface area (TPSA) is 143 Å². The molecule has 3 N–H and O–H groups in total. The van der Waals surface area contributed by atoms with Crippen molar-refractivity contribution in [3.63, 3.8) is 0 Å². The van der Waals surface area contributed by atoms with Crippen LogP contribution in [-0.4, -0.2) is 39.4 Å². The molecule has 0 saturated heterocycles. The van der Waals surface area contributed by atoms with Crippen LogP contribution in [0.5, 0.6) is 0 Å². The van der Waals surface area contributed by atoms with Crippen LogP contribution in [0.3, 0.4) is 0 Å². The average molecular weight is 501 g/mol. The first kappa shape index (κ1) is 25.9. The second-order valence-corrected chi connectivity index (χ2v) is 9.89. The van der Waals surface area contributed by atoms with Crippen LogP contribution in [0, 0.1) is 5.92 Å². The Morgan fingerprint density at radius 2 is 1.66 bits per heavy atom. The Morgan fingerprint density at radius 1 is 0.971 bits per heavy atom.